The maximum absolute atomic E-state index is 12.8. The number of amides is 2. The first-order valence-electron chi connectivity index (χ1n) is 10.8. The molecule has 7 heteroatoms. The average molecular weight is 441 g/mol. The molecule has 0 saturated carbocycles. The van der Waals surface area contributed by atoms with Gasteiger partial charge in [0, 0.05) is 68.8 Å². The molecule has 2 heterocycles. The largest absolute Gasteiger partial charge is 0.368 e. The topological polar surface area (TPSA) is 47.1 Å². The molecule has 2 fully saturated rings. The van der Waals surface area contributed by atoms with Gasteiger partial charge in [0.05, 0.1) is 0 Å². The molecular weight excluding hydrogens is 412 g/mol. The summed E-state index contributed by atoms with van der Waals surface area (Å²) in [5.74, 6) is -0.761. The number of carbonyl (C=O) groups is 2. The van der Waals surface area contributed by atoms with Crippen LogP contribution in [0.5, 0.6) is 0 Å². The van der Waals surface area contributed by atoms with Crippen LogP contribution in [0.4, 0.5) is 11.4 Å². The van der Waals surface area contributed by atoms with Gasteiger partial charge < -0.3 is 19.6 Å². The Kier molecular flexibility index (Phi) is 6.37. The maximum Gasteiger partial charge on any atom is 0.312 e. The Balaban J connectivity index is 1.30. The molecule has 0 aromatic heterocycles. The number of nitrogens with zero attached hydrogens (tertiary/aromatic N) is 4. The van der Waals surface area contributed by atoms with Gasteiger partial charge in [-0.05, 0) is 49.2 Å². The molecule has 0 atom stereocenters. The number of hydrogen-bond donors (Lipinski definition) is 0. The predicted molar refractivity (Wildman–Crippen MR) is 125 cm³/mol. The van der Waals surface area contributed by atoms with E-state index in [4.69, 9.17) is 11.6 Å². The molecule has 0 unspecified atom stereocenters. The lowest BCUT2D eigenvalue weighted by Gasteiger charge is -2.39. The summed E-state index contributed by atoms with van der Waals surface area (Å²) in [5, 5.41) is 0.700. The van der Waals surface area contributed by atoms with Crippen LogP contribution < -0.4 is 9.80 Å². The van der Waals surface area contributed by atoms with Gasteiger partial charge in [-0.25, -0.2) is 0 Å². The zero-order chi connectivity index (χ0) is 22.0. The number of halogens is 1. The molecule has 0 aliphatic carbocycles. The van der Waals surface area contributed by atoms with Crippen molar-refractivity contribution in [3.05, 3.63) is 58.6 Å². The van der Waals surface area contributed by atoms with E-state index in [1.165, 1.54) is 16.8 Å². The summed E-state index contributed by atoms with van der Waals surface area (Å²) in [6, 6.07) is 14.0. The second kappa shape index (κ2) is 9.18. The van der Waals surface area contributed by atoms with Crippen molar-refractivity contribution in [2.75, 3.05) is 62.2 Å². The minimum absolute atomic E-state index is 0.378. The summed E-state index contributed by atoms with van der Waals surface area (Å²) in [6.07, 6.45) is 0. The Morgan fingerprint density at radius 2 is 1.29 bits per heavy atom. The summed E-state index contributed by atoms with van der Waals surface area (Å²) >= 11 is 6.09. The van der Waals surface area contributed by atoms with Crippen LogP contribution >= 0.6 is 11.6 Å². The van der Waals surface area contributed by atoms with E-state index in [0.717, 1.165) is 18.8 Å². The Morgan fingerprint density at radius 1 is 0.742 bits per heavy atom. The zero-order valence-corrected chi connectivity index (χ0v) is 18.9. The third kappa shape index (κ3) is 4.64. The average Bonchev–Trinajstić information content (AvgIpc) is 2.80. The van der Waals surface area contributed by atoms with Gasteiger partial charge in [0.25, 0.3) is 0 Å². The zero-order valence-electron chi connectivity index (χ0n) is 18.2. The van der Waals surface area contributed by atoms with Crippen LogP contribution in [0.25, 0.3) is 0 Å². The quantitative estimate of drug-likeness (QED) is 0.673. The number of benzene rings is 2. The summed E-state index contributed by atoms with van der Waals surface area (Å²) in [7, 11) is 0. The molecule has 2 aliphatic heterocycles. The minimum atomic E-state index is -0.383. The fraction of sp³-hybridized carbons (Fsp3) is 0.417. The van der Waals surface area contributed by atoms with Gasteiger partial charge >= 0.3 is 11.8 Å². The van der Waals surface area contributed by atoms with Crippen LogP contribution in [0.15, 0.2) is 42.5 Å². The van der Waals surface area contributed by atoms with Crippen molar-refractivity contribution in [1.82, 2.24) is 9.80 Å². The lowest BCUT2D eigenvalue weighted by atomic mass is 10.1. The van der Waals surface area contributed by atoms with Gasteiger partial charge in [-0.2, -0.15) is 0 Å². The number of rotatable bonds is 2. The lowest BCUT2D eigenvalue weighted by Crippen LogP contribution is -2.56. The van der Waals surface area contributed by atoms with Crippen molar-refractivity contribution in [2.45, 2.75) is 13.8 Å². The van der Waals surface area contributed by atoms with Crippen molar-refractivity contribution < 1.29 is 9.59 Å². The molecule has 2 saturated heterocycles. The van der Waals surface area contributed by atoms with E-state index < -0.39 is 0 Å². The number of aryl methyl sites for hydroxylation is 1. The standard InChI is InChI=1S/C24H29ClN4O2/c1-18-5-3-8-22(19(18)2)27-11-15-29(16-12-27)24(31)23(30)28-13-9-26(10-14-28)21-7-4-6-20(25)17-21/h3-8,17H,9-16H2,1-2H3. The first kappa shape index (κ1) is 21.5. The summed E-state index contributed by atoms with van der Waals surface area (Å²) in [4.78, 5) is 33.6. The highest BCUT2D eigenvalue weighted by Crippen LogP contribution is 2.24. The Morgan fingerprint density at radius 3 is 1.87 bits per heavy atom. The first-order valence-corrected chi connectivity index (χ1v) is 11.2. The highest BCUT2D eigenvalue weighted by molar-refractivity contribution is 6.35. The Hall–Kier alpha value is -2.73. The second-order valence-corrected chi connectivity index (χ2v) is 8.69. The van der Waals surface area contributed by atoms with E-state index in [9.17, 15) is 9.59 Å². The number of carbonyl (C=O) groups excluding carboxylic acids is 2. The van der Waals surface area contributed by atoms with E-state index >= 15 is 0 Å². The third-order valence-electron chi connectivity index (χ3n) is 6.41. The van der Waals surface area contributed by atoms with Crippen LogP contribution in [0, 0.1) is 13.8 Å². The van der Waals surface area contributed by atoms with E-state index in [1.807, 2.05) is 24.3 Å². The van der Waals surface area contributed by atoms with Crippen molar-refractivity contribution in [3.8, 4) is 0 Å². The molecule has 2 amide bonds. The van der Waals surface area contributed by atoms with Crippen molar-refractivity contribution in [2.24, 2.45) is 0 Å². The molecule has 2 aromatic carbocycles. The molecule has 164 valence electrons. The summed E-state index contributed by atoms with van der Waals surface area (Å²) in [6.45, 7) is 9.34. The normalized spacial score (nSPS) is 17.1. The van der Waals surface area contributed by atoms with Gasteiger partial charge in [0.15, 0.2) is 0 Å². The SMILES string of the molecule is Cc1cccc(N2CCN(C(=O)C(=O)N3CCN(c4cccc(Cl)c4)CC3)CC2)c1C. The van der Waals surface area contributed by atoms with Crippen LogP contribution in [0.2, 0.25) is 5.02 Å². The molecule has 0 radical (unpaired) electrons. The molecule has 0 bridgehead atoms. The van der Waals surface area contributed by atoms with Crippen molar-refractivity contribution in [3.63, 3.8) is 0 Å². The molecular formula is C24H29ClN4O2. The van der Waals surface area contributed by atoms with E-state index in [0.29, 0.717) is 44.3 Å². The first-order chi connectivity index (χ1) is 14.9. The highest BCUT2D eigenvalue weighted by atomic mass is 35.5. The fourth-order valence-electron chi connectivity index (χ4n) is 4.34. The van der Waals surface area contributed by atoms with Gasteiger partial charge in [0.1, 0.15) is 0 Å². The van der Waals surface area contributed by atoms with Crippen molar-refractivity contribution in [1.29, 1.82) is 0 Å². The van der Waals surface area contributed by atoms with Crippen molar-refractivity contribution >= 4 is 34.8 Å². The smallest absolute Gasteiger partial charge is 0.312 e. The second-order valence-electron chi connectivity index (χ2n) is 8.26. The van der Waals surface area contributed by atoms with Gasteiger partial charge in [-0.3, -0.25) is 9.59 Å². The maximum atomic E-state index is 12.8. The van der Waals surface area contributed by atoms with Gasteiger partial charge in [-0.1, -0.05) is 29.8 Å². The molecule has 6 nitrogen and oxygen atoms in total. The molecule has 4 rings (SSSR count). The number of anilines is 2. The predicted octanol–water partition coefficient (Wildman–Crippen LogP) is 2.95. The Labute approximate surface area is 189 Å². The van der Waals surface area contributed by atoms with Gasteiger partial charge in [-0.15, -0.1) is 0 Å². The van der Waals surface area contributed by atoms with E-state index in [2.05, 4.69) is 41.8 Å². The highest BCUT2D eigenvalue weighted by Gasteiger charge is 2.31. The summed E-state index contributed by atoms with van der Waals surface area (Å²) < 4.78 is 0. The third-order valence-corrected chi connectivity index (χ3v) is 6.64. The van der Waals surface area contributed by atoms with Crippen LogP contribution in [-0.4, -0.2) is 74.0 Å². The number of piperazine rings is 2. The fourth-order valence-corrected chi connectivity index (χ4v) is 4.52. The van der Waals surface area contributed by atoms with E-state index in [1.54, 1.807) is 9.80 Å². The minimum Gasteiger partial charge on any atom is -0.368 e. The van der Waals surface area contributed by atoms with Crippen LogP contribution in [-0.2, 0) is 9.59 Å². The molecule has 2 aromatic rings. The Bertz CT molecular complexity index is 964. The van der Waals surface area contributed by atoms with E-state index in [-0.39, 0.29) is 11.8 Å². The van der Waals surface area contributed by atoms with Crippen LogP contribution in [0.3, 0.4) is 0 Å². The molecule has 0 N–H and O–H groups in total. The monoisotopic (exact) mass is 440 g/mol. The van der Waals surface area contributed by atoms with Gasteiger partial charge in [0.2, 0.25) is 0 Å². The number of hydrogen-bond acceptors (Lipinski definition) is 4. The molecule has 0 spiro atoms. The molecule has 31 heavy (non-hydrogen) atoms. The molecule has 2 aliphatic rings. The lowest BCUT2D eigenvalue weighted by molar-refractivity contribution is -0.152. The summed E-state index contributed by atoms with van der Waals surface area (Å²) in [5.41, 5.74) is 4.81. The van der Waals surface area contributed by atoms with Crippen LogP contribution in [0.1, 0.15) is 11.1 Å².